The number of rotatable bonds is 5. The molecule has 0 nitrogen and oxygen atoms in total. The molecule has 0 saturated carbocycles. The lowest BCUT2D eigenvalue weighted by Gasteiger charge is -2.31. The summed E-state index contributed by atoms with van der Waals surface area (Å²) < 4.78 is 14.6. The zero-order valence-corrected chi connectivity index (χ0v) is 14.9. The van der Waals surface area contributed by atoms with Gasteiger partial charge in [0.15, 0.2) is 0 Å². The van der Waals surface area contributed by atoms with Crippen LogP contribution < -0.4 is 0 Å². The van der Waals surface area contributed by atoms with Crippen molar-refractivity contribution < 1.29 is 4.39 Å². The Morgan fingerprint density at radius 3 is 2.19 bits per heavy atom. The molecule has 0 bridgehead atoms. The molecule has 0 unspecified atom stereocenters. The summed E-state index contributed by atoms with van der Waals surface area (Å²) in [5.74, 6) is 0.221. The second-order valence-corrected chi connectivity index (χ2v) is 6.77. The lowest BCUT2D eigenvalue weighted by Crippen LogP contribution is -2.33. The highest BCUT2D eigenvalue weighted by Gasteiger charge is 2.32. The average Bonchev–Trinajstić information content (AvgIpc) is 2.50. The minimum Gasteiger partial charge on any atom is -0.205 e. The summed E-state index contributed by atoms with van der Waals surface area (Å²) in [6.45, 7) is 0. The van der Waals surface area contributed by atoms with E-state index in [-0.39, 0.29) is 5.02 Å². The maximum absolute atomic E-state index is 13.6. The zero-order valence-electron chi connectivity index (χ0n) is 11.1. The monoisotopic (exact) mass is 408 g/mol. The molecule has 0 radical (unpaired) electrons. The van der Waals surface area contributed by atoms with Crippen LogP contribution in [0.15, 0.2) is 46.9 Å². The van der Waals surface area contributed by atoms with Crippen molar-refractivity contribution in [2.24, 2.45) is 0 Å². The average molecular weight is 411 g/mol. The van der Waals surface area contributed by atoms with Gasteiger partial charge < -0.3 is 0 Å². The summed E-state index contributed by atoms with van der Waals surface area (Å²) in [7, 11) is 0. The molecule has 0 amide bonds. The Balaban J connectivity index is 2.43. The van der Waals surface area contributed by atoms with E-state index < -0.39 is 11.2 Å². The Labute approximate surface area is 147 Å². The zero-order chi connectivity index (χ0) is 15.5. The first-order valence-electron chi connectivity index (χ1n) is 6.33. The van der Waals surface area contributed by atoms with Gasteiger partial charge in [0.25, 0.3) is 0 Å². The molecule has 0 atom stereocenters. The van der Waals surface area contributed by atoms with E-state index in [4.69, 9.17) is 34.8 Å². The van der Waals surface area contributed by atoms with Gasteiger partial charge in [0.2, 0.25) is 0 Å². The molecule has 0 aliphatic carbocycles. The first-order valence-corrected chi connectivity index (χ1v) is 8.57. The molecule has 2 rings (SSSR count). The third-order valence-electron chi connectivity index (χ3n) is 3.53. The number of halogens is 5. The molecule has 0 aliphatic rings. The second-order valence-electron chi connectivity index (χ2n) is 4.94. The SMILES string of the molecule is Fc1cccc(CC(CCl)(CCl)c2ccc(Br)cc2)c1Cl. The number of hydrogen-bond donors (Lipinski definition) is 0. The Morgan fingerprint density at radius 2 is 1.62 bits per heavy atom. The molecule has 0 saturated heterocycles. The van der Waals surface area contributed by atoms with E-state index in [1.165, 1.54) is 6.07 Å². The lowest BCUT2D eigenvalue weighted by atomic mass is 9.78. The van der Waals surface area contributed by atoms with Gasteiger partial charge in [-0.2, -0.15) is 0 Å². The number of alkyl halides is 2. The van der Waals surface area contributed by atoms with Gasteiger partial charge in [0, 0.05) is 21.6 Å². The molecule has 0 aromatic heterocycles. The van der Waals surface area contributed by atoms with Crippen LogP contribution in [0.25, 0.3) is 0 Å². The molecule has 0 heterocycles. The van der Waals surface area contributed by atoms with Crippen molar-refractivity contribution in [3.05, 3.63) is 68.9 Å². The first-order chi connectivity index (χ1) is 10.0. The predicted octanol–water partition coefficient (Wildman–Crippen LogP) is 6.20. The molecular formula is C16H13BrCl3F. The molecule has 0 aliphatic heterocycles. The van der Waals surface area contributed by atoms with Gasteiger partial charge in [-0.3, -0.25) is 0 Å². The highest BCUT2D eigenvalue weighted by Crippen LogP contribution is 2.35. The maximum atomic E-state index is 13.6. The molecule has 2 aromatic carbocycles. The van der Waals surface area contributed by atoms with Crippen LogP contribution in [0.5, 0.6) is 0 Å². The van der Waals surface area contributed by atoms with Crippen molar-refractivity contribution in [1.29, 1.82) is 0 Å². The molecule has 21 heavy (non-hydrogen) atoms. The van der Waals surface area contributed by atoms with Crippen molar-refractivity contribution in [1.82, 2.24) is 0 Å². The van der Waals surface area contributed by atoms with Crippen LogP contribution in [-0.2, 0) is 11.8 Å². The third-order valence-corrected chi connectivity index (χ3v) is 5.50. The highest BCUT2D eigenvalue weighted by molar-refractivity contribution is 9.10. The van der Waals surface area contributed by atoms with Crippen molar-refractivity contribution in [2.75, 3.05) is 11.8 Å². The quantitative estimate of drug-likeness (QED) is 0.515. The van der Waals surface area contributed by atoms with E-state index >= 15 is 0 Å². The first kappa shape index (κ1) is 17.1. The summed E-state index contributed by atoms with van der Waals surface area (Å²) in [5, 5.41) is 0.134. The van der Waals surface area contributed by atoms with Crippen molar-refractivity contribution in [3.8, 4) is 0 Å². The van der Waals surface area contributed by atoms with E-state index in [9.17, 15) is 4.39 Å². The van der Waals surface area contributed by atoms with E-state index in [1.54, 1.807) is 12.1 Å². The summed E-state index contributed by atoms with van der Waals surface area (Å²) in [5.41, 5.74) is 1.23. The van der Waals surface area contributed by atoms with Gasteiger partial charge in [-0.15, -0.1) is 23.2 Å². The molecule has 0 spiro atoms. The topological polar surface area (TPSA) is 0 Å². The van der Waals surface area contributed by atoms with Crippen LogP contribution in [0.3, 0.4) is 0 Å². The van der Waals surface area contributed by atoms with Gasteiger partial charge >= 0.3 is 0 Å². The second kappa shape index (κ2) is 7.32. The Hall–Kier alpha value is -0.280. The summed E-state index contributed by atoms with van der Waals surface area (Å²) in [4.78, 5) is 0. The van der Waals surface area contributed by atoms with Gasteiger partial charge in [-0.1, -0.05) is 51.8 Å². The fraction of sp³-hybridized carbons (Fsp3) is 0.250. The van der Waals surface area contributed by atoms with Crippen LogP contribution in [-0.4, -0.2) is 11.8 Å². The molecule has 5 heteroatoms. The van der Waals surface area contributed by atoms with E-state index in [0.717, 1.165) is 10.0 Å². The fourth-order valence-corrected chi connectivity index (χ4v) is 3.48. The fourth-order valence-electron chi connectivity index (χ4n) is 2.24. The minimum atomic E-state index is -0.485. The number of benzene rings is 2. The van der Waals surface area contributed by atoms with Crippen LogP contribution in [0.2, 0.25) is 5.02 Å². The highest BCUT2D eigenvalue weighted by atomic mass is 79.9. The van der Waals surface area contributed by atoms with Gasteiger partial charge in [0.05, 0.1) is 5.02 Å². The molecule has 0 N–H and O–H groups in total. The van der Waals surface area contributed by atoms with E-state index in [1.807, 2.05) is 24.3 Å². The minimum absolute atomic E-state index is 0.134. The predicted molar refractivity (Wildman–Crippen MR) is 92.4 cm³/mol. The maximum Gasteiger partial charge on any atom is 0.142 e. The van der Waals surface area contributed by atoms with Crippen molar-refractivity contribution in [2.45, 2.75) is 11.8 Å². The van der Waals surface area contributed by atoms with Gasteiger partial charge in [0.1, 0.15) is 5.82 Å². The molecule has 0 fully saturated rings. The van der Waals surface area contributed by atoms with Crippen LogP contribution in [0.1, 0.15) is 11.1 Å². The van der Waals surface area contributed by atoms with Crippen LogP contribution in [0, 0.1) is 5.82 Å². The summed E-state index contributed by atoms with van der Waals surface area (Å²) in [6.07, 6.45) is 0.484. The molecular weight excluding hydrogens is 397 g/mol. The number of hydrogen-bond acceptors (Lipinski definition) is 0. The molecule has 112 valence electrons. The largest absolute Gasteiger partial charge is 0.205 e. The van der Waals surface area contributed by atoms with Crippen molar-refractivity contribution >= 4 is 50.7 Å². The van der Waals surface area contributed by atoms with Crippen molar-refractivity contribution in [3.63, 3.8) is 0 Å². The Kier molecular flexibility index (Phi) is 5.96. The smallest absolute Gasteiger partial charge is 0.142 e. The van der Waals surface area contributed by atoms with Crippen LogP contribution in [0.4, 0.5) is 4.39 Å². The summed E-state index contributed by atoms with van der Waals surface area (Å²) in [6, 6.07) is 12.6. The standard InChI is InChI=1S/C16H13BrCl3F/c17-13-6-4-12(5-7-13)16(9-18,10-19)8-11-2-1-3-14(21)15(11)20/h1-7H,8-10H2. The Bertz CT molecular complexity index is 609. The normalized spacial score (nSPS) is 11.7. The van der Waals surface area contributed by atoms with Crippen LogP contribution >= 0.6 is 50.7 Å². The molecule has 2 aromatic rings. The lowest BCUT2D eigenvalue weighted by molar-refractivity contribution is 0.533. The third kappa shape index (κ3) is 3.73. The van der Waals surface area contributed by atoms with Gasteiger partial charge in [-0.25, -0.2) is 4.39 Å². The van der Waals surface area contributed by atoms with E-state index in [2.05, 4.69) is 15.9 Å². The van der Waals surface area contributed by atoms with E-state index in [0.29, 0.717) is 23.7 Å². The summed E-state index contributed by atoms with van der Waals surface area (Å²) >= 11 is 21.9. The van der Waals surface area contributed by atoms with Gasteiger partial charge in [-0.05, 0) is 35.7 Å². The Morgan fingerprint density at radius 1 is 1.00 bits per heavy atom.